The van der Waals surface area contributed by atoms with Crippen LogP contribution >= 0.6 is 11.6 Å². The van der Waals surface area contributed by atoms with Crippen LogP contribution in [0.5, 0.6) is 0 Å². The molecule has 0 aliphatic carbocycles. The molecule has 0 unspecified atom stereocenters. The fourth-order valence-corrected chi connectivity index (χ4v) is 3.52. The lowest BCUT2D eigenvalue weighted by atomic mass is 10.2. The molecule has 134 valence electrons. The van der Waals surface area contributed by atoms with Gasteiger partial charge in [-0.3, -0.25) is 14.4 Å². The van der Waals surface area contributed by atoms with E-state index in [1.807, 2.05) is 47.7 Å². The van der Waals surface area contributed by atoms with E-state index in [9.17, 15) is 4.79 Å². The number of piperazine rings is 1. The molecule has 1 aromatic heterocycles. The first-order valence-electron chi connectivity index (χ1n) is 8.77. The van der Waals surface area contributed by atoms with Gasteiger partial charge < -0.3 is 4.90 Å². The van der Waals surface area contributed by atoms with E-state index in [1.165, 1.54) is 5.56 Å². The molecule has 0 radical (unpaired) electrons. The van der Waals surface area contributed by atoms with Crippen LogP contribution in [0.1, 0.15) is 23.4 Å². The minimum atomic E-state index is 0.218. The molecule has 0 bridgehead atoms. The first-order chi connectivity index (χ1) is 12.0. The third-order valence-electron chi connectivity index (χ3n) is 4.66. The van der Waals surface area contributed by atoms with Crippen LogP contribution in [0.2, 0.25) is 5.02 Å². The number of nitrogens with zero attached hydrogens (tertiary/aromatic N) is 4. The smallest absolute Gasteiger partial charge is 0.224 e. The van der Waals surface area contributed by atoms with Crippen molar-refractivity contribution in [3.8, 4) is 0 Å². The van der Waals surface area contributed by atoms with Gasteiger partial charge in [-0.05, 0) is 37.6 Å². The lowest BCUT2D eigenvalue weighted by Gasteiger charge is -2.34. The molecule has 0 atom stereocenters. The molecule has 0 N–H and O–H groups in total. The van der Waals surface area contributed by atoms with Crippen molar-refractivity contribution in [1.29, 1.82) is 0 Å². The Labute approximate surface area is 154 Å². The first-order valence-corrected chi connectivity index (χ1v) is 9.15. The number of aromatic nitrogens is 2. The molecule has 1 fully saturated rings. The molecular formula is C19H25ClN4O. The molecule has 1 saturated heterocycles. The Bertz CT molecular complexity index is 735. The van der Waals surface area contributed by atoms with Crippen molar-refractivity contribution >= 4 is 17.5 Å². The molecule has 5 nitrogen and oxygen atoms in total. The van der Waals surface area contributed by atoms with Crippen LogP contribution in [0.4, 0.5) is 0 Å². The zero-order valence-electron chi connectivity index (χ0n) is 14.9. The van der Waals surface area contributed by atoms with Crippen LogP contribution in [-0.2, 0) is 17.9 Å². The molecule has 2 aromatic rings. The van der Waals surface area contributed by atoms with Crippen LogP contribution in [0.15, 0.2) is 30.3 Å². The van der Waals surface area contributed by atoms with Crippen LogP contribution in [0.3, 0.4) is 0 Å². The summed E-state index contributed by atoms with van der Waals surface area (Å²) in [4.78, 5) is 16.8. The van der Waals surface area contributed by atoms with Gasteiger partial charge in [0, 0.05) is 56.4 Å². The van der Waals surface area contributed by atoms with E-state index < -0.39 is 0 Å². The summed E-state index contributed by atoms with van der Waals surface area (Å²) in [6.07, 6.45) is 0.510. The third kappa shape index (κ3) is 4.83. The van der Waals surface area contributed by atoms with Gasteiger partial charge in [0.1, 0.15) is 0 Å². The molecule has 0 spiro atoms. The summed E-state index contributed by atoms with van der Waals surface area (Å²) in [5.41, 5.74) is 3.33. The summed E-state index contributed by atoms with van der Waals surface area (Å²) in [5, 5.41) is 5.19. The van der Waals surface area contributed by atoms with Crippen molar-refractivity contribution < 1.29 is 4.79 Å². The van der Waals surface area contributed by atoms with Gasteiger partial charge in [-0.15, -0.1) is 0 Å². The fraction of sp³-hybridized carbons (Fsp3) is 0.474. The Balaban J connectivity index is 1.45. The highest BCUT2D eigenvalue weighted by molar-refractivity contribution is 6.30. The van der Waals surface area contributed by atoms with Gasteiger partial charge in [0.15, 0.2) is 0 Å². The highest BCUT2D eigenvalue weighted by Gasteiger charge is 2.21. The van der Waals surface area contributed by atoms with Crippen molar-refractivity contribution in [2.45, 2.75) is 33.4 Å². The monoisotopic (exact) mass is 360 g/mol. The zero-order chi connectivity index (χ0) is 17.8. The summed E-state index contributed by atoms with van der Waals surface area (Å²) in [6, 6.07) is 10.0. The number of aryl methyl sites for hydroxylation is 3. The number of hydrogen-bond acceptors (Lipinski definition) is 3. The first kappa shape index (κ1) is 18.0. The SMILES string of the molecule is Cc1cc(C)n(CCC(=O)N2CCN(Cc3cccc(Cl)c3)CC2)n1. The molecule has 1 aliphatic heterocycles. The number of hydrogen-bond donors (Lipinski definition) is 0. The van der Waals surface area contributed by atoms with Crippen molar-refractivity contribution in [1.82, 2.24) is 19.6 Å². The predicted octanol–water partition coefficient (Wildman–Crippen LogP) is 2.89. The van der Waals surface area contributed by atoms with Crippen molar-refractivity contribution in [3.05, 3.63) is 52.3 Å². The largest absolute Gasteiger partial charge is 0.340 e. The van der Waals surface area contributed by atoms with Gasteiger partial charge in [-0.25, -0.2) is 0 Å². The number of carbonyl (C=O) groups excluding carboxylic acids is 1. The highest BCUT2D eigenvalue weighted by atomic mass is 35.5. The number of benzene rings is 1. The average Bonchev–Trinajstić information content (AvgIpc) is 2.91. The molecule has 2 heterocycles. The Morgan fingerprint density at radius 2 is 1.92 bits per heavy atom. The van der Waals surface area contributed by atoms with Crippen LogP contribution in [-0.4, -0.2) is 51.7 Å². The maximum Gasteiger partial charge on any atom is 0.224 e. The Morgan fingerprint density at radius 1 is 1.16 bits per heavy atom. The van der Waals surface area contributed by atoms with Crippen LogP contribution < -0.4 is 0 Å². The van der Waals surface area contributed by atoms with E-state index in [0.717, 1.165) is 49.1 Å². The summed E-state index contributed by atoms with van der Waals surface area (Å²) in [7, 11) is 0. The second kappa shape index (κ2) is 8.02. The van der Waals surface area contributed by atoms with E-state index in [0.29, 0.717) is 13.0 Å². The number of rotatable bonds is 5. The fourth-order valence-electron chi connectivity index (χ4n) is 3.31. The van der Waals surface area contributed by atoms with E-state index in [-0.39, 0.29) is 5.91 Å². The second-order valence-electron chi connectivity index (χ2n) is 6.69. The summed E-state index contributed by atoms with van der Waals surface area (Å²) in [6.45, 7) is 8.92. The third-order valence-corrected chi connectivity index (χ3v) is 4.90. The quantitative estimate of drug-likeness (QED) is 0.823. The minimum Gasteiger partial charge on any atom is -0.340 e. The lowest BCUT2D eigenvalue weighted by molar-refractivity contribution is -0.133. The topological polar surface area (TPSA) is 41.4 Å². The maximum absolute atomic E-state index is 12.4. The van der Waals surface area contributed by atoms with Crippen molar-refractivity contribution in [3.63, 3.8) is 0 Å². The van der Waals surface area contributed by atoms with E-state index >= 15 is 0 Å². The molecule has 3 rings (SSSR count). The van der Waals surface area contributed by atoms with E-state index in [1.54, 1.807) is 0 Å². The summed E-state index contributed by atoms with van der Waals surface area (Å²) in [5.74, 6) is 0.218. The second-order valence-corrected chi connectivity index (χ2v) is 7.12. The standard InChI is InChI=1S/C19H25ClN4O/c1-15-12-16(2)24(21-15)7-6-19(25)23-10-8-22(9-11-23)14-17-4-3-5-18(20)13-17/h3-5,12-13H,6-11,14H2,1-2H3. The molecule has 1 aliphatic rings. The minimum absolute atomic E-state index is 0.218. The zero-order valence-corrected chi connectivity index (χ0v) is 15.7. The van der Waals surface area contributed by atoms with E-state index in [2.05, 4.69) is 16.1 Å². The summed E-state index contributed by atoms with van der Waals surface area (Å²) >= 11 is 6.05. The number of carbonyl (C=O) groups is 1. The van der Waals surface area contributed by atoms with Gasteiger partial charge in [0.05, 0.1) is 5.69 Å². The molecule has 6 heteroatoms. The summed E-state index contributed by atoms with van der Waals surface area (Å²) < 4.78 is 1.92. The molecular weight excluding hydrogens is 336 g/mol. The number of halogens is 1. The van der Waals surface area contributed by atoms with E-state index in [4.69, 9.17) is 11.6 Å². The van der Waals surface area contributed by atoms with Crippen LogP contribution in [0.25, 0.3) is 0 Å². The Kier molecular flexibility index (Phi) is 5.76. The maximum atomic E-state index is 12.4. The van der Waals surface area contributed by atoms with Gasteiger partial charge >= 0.3 is 0 Å². The lowest BCUT2D eigenvalue weighted by Crippen LogP contribution is -2.48. The Hall–Kier alpha value is -1.85. The van der Waals surface area contributed by atoms with Gasteiger partial charge in [0.2, 0.25) is 5.91 Å². The normalized spacial score (nSPS) is 15.6. The van der Waals surface area contributed by atoms with Crippen molar-refractivity contribution in [2.75, 3.05) is 26.2 Å². The number of amides is 1. The van der Waals surface area contributed by atoms with Gasteiger partial charge in [-0.2, -0.15) is 5.10 Å². The average molecular weight is 361 g/mol. The van der Waals surface area contributed by atoms with Gasteiger partial charge in [-0.1, -0.05) is 23.7 Å². The molecule has 25 heavy (non-hydrogen) atoms. The molecule has 1 amide bonds. The Morgan fingerprint density at radius 3 is 2.56 bits per heavy atom. The van der Waals surface area contributed by atoms with Crippen LogP contribution in [0, 0.1) is 13.8 Å². The van der Waals surface area contributed by atoms with Crippen molar-refractivity contribution in [2.24, 2.45) is 0 Å². The molecule has 1 aromatic carbocycles. The highest BCUT2D eigenvalue weighted by Crippen LogP contribution is 2.14. The van der Waals surface area contributed by atoms with Gasteiger partial charge in [0.25, 0.3) is 0 Å². The predicted molar refractivity (Wildman–Crippen MR) is 99.6 cm³/mol. The molecule has 0 saturated carbocycles.